The van der Waals surface area contributed by atoms with E-state index >= 15 is 0 Å². The second-order valence-corrected chi connectivity index (χ2v) is 9.93. The van der Waals surface area contributed by atoms with E-state index in [-0.39, 0.29) is 10.8 Å². The zero-order valence-electron chi connectivity index (χ0n) is 15.5. The van der Waals surface area contributed by atoms with Crippen LogP contribution in [0.4, 0.5) is 0 Å². The number of thioether (sulfide) groups is 1. The van der Waals surface area contributed by atoms with Crippen LogP contribution < -0.4 is 0 Å². The molecular formula is C19H26N2OS2. The van der Waals surface area contributed by atoms with Gasteiger partial charge in [0.2, 0.25) is 0 Å². The largest absolute Gasteiger partial charge is 0.507 e. The summed E-state index contributed by atoms with van der Waals surface area (Å²) in [6.45, 7) is 12.7. The van der Waals surface area contributed by atoms with Crippen LogP contribution in [-0.2, 0) is 10.8 Å². The molecule has 0 amide bonds. The highest BCUT2D eigenvalue weighted by molar-refractivity contribution is 8.00. The lowest BCUT2D eigenvalue weighted by atomic mass is 9.77. The van der Waals surface area contributed by atoms with Crippen LogP contribution in [0, 0.1) is 0 Å². The first-order chi connectivity index (χ1) is 11.0. The zero-order valence-corrected chi connectivity index (χ0v) is 17.1. The number of hydrogen-bond acceptors (Lipinski definition) is 5. The molecule has 2 aromatic rings. The Balaban J connectivity index is 2.52. The minimum absolute atomic E-state index is 0.0984. The van der Waals surface area contributed by atoms with E-state index in [4.69, 9.17) is 0 Å². The molecule has 130 valence electrons. The lowest BCUT2D eigenvalue weighted by Gasteiger charge is -2.28. The van der Waals surface area contributed by atoms with E-state index < -0.39 is 0 Å². The number of benzene rings is 1. The third-order valence-corrected chi connectivity index (χ3v) is 5.63. The highest BCUT2D eigenvalue weighted by Gasteiger charge is 2.27. The summed E-state index contributed by atoms with van der Waals surface area (Å²) in [7, 11) is 0. The topological polar surface area (TPSA) is 46.0 Å². The number of rotatable bonds is 3. The van der Waals surface area contributed by atoms with E-state index in [1.54, 1.807) is 23.1 Å². The van der Waals surface area contributed by atoms with Gasteiger partial charge in [0.05, 0.1) is 0 Å². The molecule has 1 N–H and O–H groups in total. The van der Waals surface area contributed by atoms with Crippen molar-refractivity contribution < 1.29 is 5.11 Å². The SMILES string of the molecule is CSc1nnc(C=Cc2ccc(C(C)(C)C)c(O)c2C(C)(C)C)s1. The molecule has 0 unspecified atom stereocenters. The van der Waals surface area contributed by atoms with E-state index in [1.165, 1.54) is 0 Å². The molecular weight excluding hydrogens is 336 g/mol. The van der Waals surface area contributed by atoms with Gasteiger partial charge in [-0.3, -0.25) is 0 Å². The molecule has 1 heterocycles. The Morgan fingerprint density at radius 3 is 2.17 bits per heavy atom. The van der Waals surface area contributed by atoms with Gasteiger partial charge in [-0.15, -0.1) is 10.2 Å². The summed E-state index contributed by atoms with van der Waals surface area (Å²) in [6, 6.07) is 4.12. The van der Waals surface area contributed by atoms with Crippen LogP contribution in [0.2, 0.25) is 0 Å². The van der Waals surface area contributed by atoms with Crippen molar-refractivity contribution in [2.75, 3.05) is 6.26 Å². The van der Waals surface area contributed by atoms with Crippen molar-refractivity contribution in [3.63, 3.8) is 0 Å². The minimum atomic E-state index is -0.156. The van der Waals surface area contributed by atoms with Gasteiger partial charge < -0.3 is 5.11 Å². The number of aromatic nitrogens is 2. The molecule has 0 spiro atoms. The van der Waals surface area contributed by atoms with Gasteiger partial charge in [-0.1, -0.05) is 82.8 Å². The Morgan fingerprint density at radius 1 is 1.00 bits per heavy atom. The molecule has 0 aliphatic carbocycles. The third-order valence-electron chi connectivity index (χ3n) is 3.77. The van der Waals surface area contributed by atoms with Crippen LogP contribution in [0.15, 0.2) is 16.5 Å². The summed E-state index contributed by atoms with van der Waals surface area (Å²) < 4.78 is 0.955. The summed E-state index contributed by atoms with van der Waals surface area (Å²) in [4.78, 5) is 0. The average molecular weight is 363 g/mol. The summed E-state index contributed by atoms with van der Waals surface area (Å²) in [5.74, 6) is 0.402. The molecule has 0 bridgehead atoms. The van der Waals surface area contributed by atoms with Crippen molar-refractivity contribution in [1.29, 1.82) is 0 Å². The molecule has 5 heteroatoms. The molecule has 24 heavy (non-hydrogen) atoms. The summed E-state index contributed by atoms with van der Waals surface area (Å²) in [5, 5.41) is 20.1. The van der Waals surface area contributed by atoms with Crippen LogP contribution in [0.3, 0.4) is 0 Å². The van der Waals surface area contributed by atoms with Crippen LogP contribution in [0.5, 0.6) is 5.75 Å². The first-order valence-corrected chi connectivity index (χ1v) is 10.0. The number of phenolic OH excluding ortho intramolecular Hbond substituents is 1. The van der Waals surface area contributed by atoms with Crippen molar-refractivity contribution in [1.82, 2.24) is 10.2 Å². The number of aromatic hydroxyl groups is 1. The van der Waals surface area contributed by atoms with Gasteiger partial charge >= 0.3 is 0 Å². The summed E-state index contributed by atoms with van der Waals surface area (Å²) >= 11 is 3.17. The predicted molar refractivity (Wildman–Crippen MR) is 106 cm³/mol. The van der Waals surface area contributed by atoms with E-state index in [1.807, 2.05) is 24.5 Å². The monoisotopic (exact) mass is 362 g/mol. The van der Waals surface area contributed by atoms with Gasteiger partial charge in [-0.2, -0.15) is 0 Å². The molecule has 0 aliphatic rings. The summed E-state index contributed by atoms with van der Waals surface area (Å²) in [6.07, 6.45) is 5.99. The van der Waals surface area contributed by atoms with Crippen molar-refractivity contribution in [2.24, 2.45) is 0 Å². The lowest BCUT2D eigenvalue weighted by molar-refractivity contribution is 0.423. The molecule has 2 rings (SSSR count). The number of nitrogens with zero attached hydrogens (tertiary/aromatic N) is 2. The highest BCUT2D eigenvalue weighted by Crippen LogP contribution is 2.41. The molecule has 0 radical (unpaired) electrons. The Bertz CT molecular complexity index is 750. The predicted octanol–water partition coefficient (Wildman–Crippen LogP) is 5.73. The fourth-order valence-electron chi connectivity index (χ4n) is 2.67. The minimum Gasteiger partial charge on any atom is -0.507 e. The number of phenols is 1. The van der Waals surface area contributed by atoms with Crippen LogP contribution in [0.25, 0.3) is 12.2 Å². The Morgan fingerprint density at radius 2 is 1.67 bits per heavy atom. The first kappa shape index (κ1) is 19.0. The molecule has 1 aromatic carbocycles. The van der Waals surface area contributed by atoms with Gasteiger partial charge in [0, 0.05) is 5.56 Å². The molecule has 1 aromatic heterocycles. The first-order valence-electron chi connectivity index (χ1n) is 7.96. The van der Waals surface area contributed by atoms with Gasteiger partial charge in [0.1, 0.15) is 10.8 Å². The van der Waals surface area contributed by atoms with Crippen LogP contribution in [0.1, 0.15) is 63.2 Å². The van der Waals surface area contributed by atoms with Gasteiger partial charge in [0.15, 0.2) is 4.34 Å². The normalized spacial score (nSPS) is 13.0. The van der Waals surface area contributed by atoms with Gasteiger partial charge in [-0.05, 0) is 34.3 Å². The zero-order chi connectivity index (χ0) is 18.1. The quantitative estimate of drug-likeness (QED) is 0.708. The van der Waals surface area contributed by atoms with E-state index in [0.717, 1.165) is 26.0 Å². The Hall–Kier alpha value is -1.33. The van der Waals surface area contributed by atoms with Crippen molar-refractivity contribution in [3.8, 4) is 5.75 Å². The Labute approximate surface area is 153 Å². The van der Waals surface area contributed by atoms with Crippen molar-refractivity contribution in [3.05, 3.63) is 33.8 Å². The fourth-order valence-corrected chi connectivity index (χ4v) is 3.86. The molecule has 0 saturated carbocycles. The van der Waals surface area contributed by atoms with Crippen LogP contribution >= 0.6 is 23.1 Å². The molecule has 0 aliphatic heterocycles. The lowest BCUT2D eigenvalue weighted by Crippen LogP contribution is -2.18. The molecule has 0 fully saturated rings. The molecule has 0 saturated heterocycles. The maximum atomic E-state index is 10.9. The average Bonchev–Trinajstić information content (AvgIpc) is 2.90. The smallest absolute Gasteiger partial charge is 0.174 e. The molecule has 0 atom stereocenters. The van der Waals surface area contributed by atoms with Gasteiger partial charge in [-0.25, -0.2) is 0 Å². The van der Waals surface area contributed by atoms with E-state index in [0.29, 0.717) is 5.75 Å². The highest BCUT2D eigenvalue weighted by atomic mass is 32.2. The van der Waals surface area contributed by atoms with Crippen molar-refractivity contribution in [2.45, 2.75) is 56.7 Å². The second kappa shape index (κ2) is 6.89. The van der Waals surface area contributed by atoms with Gasteiger partial charge in [0.25, 0.3) is 0 Å². The van der Waals surface area contributed by atoms with E-state index in [9.17, 15) is 5.11 Å². The molecule has 3 nitrogen and oxygen atoms in total. The second-order valence-electron chi connectivity index (χ2n) is 7.87. The number of hydrogen-bond donors (Lipinski definition) is 1. The van der Waals surface area contributed by atoms with Crippen LogP contribution in [-0.4, -0.2) is 21.6 Å². The maximum Gasteiger partial charge on any atom is 0.174 e. The maximum absolute atomic E-state index is 10.9. The Kier molecular flexibility index (Phi) is 5.45. The fraction of sp³-hybridized carbons (Fsp3) is 0.474. The third kappa shape index (κ3) is 4.19. The standard InChI is InChI=1S/C19H26N2OS2/c1-18(2,3)13-10-8-12(15(16(13)22)19(4,5)6)9-11-14-20-21-17(23-7)24-14/h8-11,22H,1-7H3. The van der Waals surface area contributed by atoms with Crippen molar-refractivity contribution >= 4 is 35.3 Å². The summed E-state index contributed by atoms with van der Waals surface area (Å²) in [5.41, 5.74) is 2.72. The van der Waals surface area contributed by atoms with E-state index in [2.05, 4.69) is 57.8 Å².